The van der Waals surface area contributed by atoms with Crippen molar-refractivity contribution in [2.75, 3.05) is 11.9 Å². The Hall–Kier alpha value is -2.14. The standard InChI is InChI=1S/C22H26ClN3O2/c23-18-9-10-20(27)17-14-26(13-16(17)18)19(12-15-6-2-1-3-7-15)22(28)25-21-8-4-5-11-24-21/h4-5,8-9,11,13,15,17,19H,1-3,6-7,10,12,14H2,(H,24,25,28)/t17?,19-/m0/s1. The zero-order valence-electron chi connectivity index (χ0n) is 15.9. The molecule has 2 aliphatic carbocycles. The molecule has 1 aromatic heterocycles. The first-order valence-corrected chi connectivity index (χ1v) is 10.6. The van der Waals surface area contributed by atoms with Crippen molar-refractivity contribution in [1.29, 1.82) is 0 Å². The number of nitrogens with one attached hydrogen (secondary N) is 1. The van der Waals surface area contributed by atoms with Gasteiger partial charge in [0.1, 0.15) is 17.6 Å². The van der Waals surface area contributed by atoms with Crippen LogP contribution in [0.2, 0.25) is 0 Å². The number of halogens is 1. The van der Waals surface area contributed by atoms with E-state index in [1.807, 2.05) is 23.2 Å². The normalized spacial score (nSPS) is 23.7. The number of carbonyl (C=O) groups is 2. The molecule has 4 rings (SSSR count). The van der Waals surface area contributed by atoms with Gasteiger partial charge < -0.3 is 10.2 Å². The molecule has 1 aromatic rings. The second-order valence-corrected chi connectivity index (χ2v) is 8.42. The van der Waals surface area contributed by atoms with Gasteiger partial charge in [0, 0.05) is 30.4 Å². The largest absolute Gasteiger partial charge is 0.364 e. The van der Waals surface area contributed by atoms with Gasteiger partial charge in [0.15, 0.2) is 0 Å². The predicted molar refractivity (Wildman–Crippen MR) is 110 cm³/mol. The molecule has 0 spiro atoms. The summed E-state index contributed by atoms with van der Waals surface area (Å²) >= 11 is 6.36. The summed E-state index contributed by atoms with van der Waals surface area (Å²) in [4.78, 5) is 31.8. The monoisotopic (exact) mass is 399 g/mol. The van der Waals surface area contributed by atoms with E-state index in [2.05, 4.69) is 10.3 Å². The number of rotatable bonds is 5. The van der Waals surface area contributed by atoms with Gasteiger partial charge in [-0.1, -0.05) is 55.8 Å². The van der Waals surface area contributed by atoms with Crippen LogP contribution in [0.15, 0.2) is 47.3 Å². The highest BCUT2D eigenvalue weighted by Gasteiger charge is 2.39. The van der Waals surface area contributed by atoms with Gasteiger partial charge >= 0.3 is 0 Å². The third kappa shape index (κ3) is 4.14. The van der Waals surface area contributed by atoms with Gasteiger partial charge in [-0.2, -0.15) is 0 Å². The second kappa shape index (κ2) is 8.48. The van der Waals surface area contributed by atoms with Crippen LogP contribution in [0, 0.1) is 11.8 Å². The third-order valence-corrected chi connectivity index (χ3v) is 6.49. The third-order valence-electron chi connectivity index (χ3n) is 6.12. The van der Waals surface area contributed by atoms with Crippen LogP contribution in [0.4, 0.5) is 5.82 Å². The fourth-order valence-corrected chi connectivity index (χ4v) is 4.84. The molecular weight excluding hydrogens is 374 g/mol. The Kier molecular flexibility index (Phi) is 5.81. The Morgan fingerprint density at radius 1 is 1.29 bits per heavy atom. The molecule has 6 heteroatoms. The number of fused-ring (bicyclic) bond motifs is 1. The van der Waals surface area contributed by atoms with Crippen LogP contribution in [-0.2, 0) is 9.59 Å². The first-order valence-electron chi connectivity index (χ1n) is 10.2. The zero-order chi connectivity index (χ0) is 19.5. The molecule has 1 fully saturated rings. The Bertz CT molecular complexity index is 799. The number of ketones is 1. The van der Waals surface area contributed by atoms with Crippen molar-refractivity contribution in [3.63, 3.8) is 0 Å². The highest BCUT2D eigenvalue weighted by atomic mass is 35.5. The van der Waals surface area contributed by atoms with E-state index in [0.717, 1.165) is 12.0 Å². The Morgan fingerprint density at radius 3 is 2.82 bits per heavy atom. The van der Waals surface area contributed by atoms with Crippen molar-refractivity contribution in [1.82, 2.24) is 9.88 Å². The SMILES string of the molecule is O=C1CC=C(Cl)C2=CN([C@@H](CC3CCCCC3)C(=O)Nc3ccccn3)CC12. The number of Topliss-reactive ketones (excluding diaryl/α,β-unsaturated/α-hetero) is 1. The summed E-state index contributed by atoms with van der Waals surface area (Å²) in [7, 11) is 0. The lowest BCUT2D eigenvalue weighted by atomic mass is 9.84. The summed E-state index contributed by atoms with van der Waals surface area (Å²) in [5.74, 6) is 0.997. The molecular formula is C22H26ClN3O2. The molecule has 1 aliphatic heterocycles. The van der Waals surface area contributed by atoms with Gasteiger partial charge in [-0.25, -0.2) is 4.98 Å². The van der Waals surface area contributed by atoms with E-state index < -0.39 is 0 Å². The molecule has 0 saturated heterocycles. The second-order valence-electron chi connectivity index (χ2n) is 8.02. The van der Waals surface area contributed by atoms with Gasteiger partial charge in [-0.3, -0.25) is 9.59 Å². The van der Waals surface area contributed by atoms with Gasteiger partial charge in [0.25, 0.3) is 0 Å². The predicted octanol–water partition coefficient (Wildman–Crippen LogP) is 4.27. The van der Waals surface area contributed by atoms with Crippen molar-refractivity contribution in [3.8, 4) is 0 Å². The van der Waals surface area contributed by atoms with Crippen molar-refractivity contribution in [3.05, 3.63) is 47.3 Å². The first kappa shape index (κ1) is 19.2. The quantitative estimate of drug-likeness (QED) is 0.803. The number of aromatic nitrogens is 1. The van der Waals surface area contributed by atoms with Crippen molar-refractivity contribution in [2.24, 2.45) is 11.8 Å². The minimum absolute atomic E-state index is 0.0627. The zero-order valence-corrected chi connectivity index (χ0v) is 16.7. The number of amides is 1. The number of anilines is 1. The minimum atomic E-state index is -0.319. The number of hydrogen-bond acceptors (Lipinski definition) is 4. The Morgan fingerprint density at radius 2 is 2.11 bits per heavy atom. The van der Waals surface area contributed by atoms with E-state index in [4.69, 9.17) is 11.6 Å². The van der Waals surface area contributed by atoms with E-state index in [9.17, 15) is 9.59 Å². The first-order chi connectivity index (χ1) is 13.6. The van der Waals surface area contributed by atoms with Crippen LogP contribution < -0.4 is 5.32 Å². The number of hydrogen-bond donors (Lipinski definition) is 1. The summed E-state index contributed by atoms with van der Waals surface area (Å²) in [5, 5.41) is 3.61. The average Bonchev–Trinajstić information content (AvgIpc) is 3.17. The number of pyridine rings is 1. The summed E-state index contributed by atoms with van der Waals surface area (Å²) in [5.41, 5.74) is 0.859. The molecule has 0 bridgehead atoms. The van der Waals surface area contributed by atoms with Crippen LogP contribution in [0.5, 0.6) is 0 Å². The van der Waals surface area contributed by atoms with Crippen molar-refractivity contribution < 1.29 is 9.59 Å². The van der Waals surface area contributed by atoms with Crippen LogP contribution in [0.25, 0.3) is 0 Å². The highest BCUT2D eigenvalue weighted by molar-refractivity contribution is 6.33. The van der Waals surface area contributed by atoms with E-state index in [1.165, 1.54) is 32.1 Å². The van der Waals surface area contributed by atoms with Crippen LogP contribution in [0.1, 0.15) is 44.9 Å². The summed E-state index contributed by atoms with van der Waals surface area (Å²) < 4.78 is 0. The maximum absolute atomic E-state index is 13.2. The lowest BCUT2D eigenvalue weighted by molar-refractivity contribution is -0.123. The van der Waals surface area contributed by atoms with Crippen molar-refractivity contribution >= 4 is 29.1 Å². The number of nitrogens with zero attached hydrogens (tertiary/aromatic N) is 2. The average molecular weight is 400 g/mol. The molecule has 0 aromatic carbocycles. The molecule has 148 valence electrons. The maximum Gasteiger partial charge on any atom is 0.248 e. The summed E-state index contributed by atoms with van der Waals surface area (Å²) in [6, 6.07) is 5.15. The van der Waals surface area contributed by atoms with E-state index in [1.54, 1.807) is 18.3 Å². The van der Waals surface area contributed by atoms with E-state index in [0.29, 0.717) is 29.7 Å². The molecule has 5 nitrogen and oxygen atoms in total. The van der Waals surface area contributed by atoms with Crippen LogP contribution in [0.3, 0.4) is 0 Å². The molecule has 2 atom stereocenters. The Balaban J connectivity index is 1.55. The molecule has 1 N–H and O–H groups in total. The molecule has 1 amide bonds. The van der Waals surface area contributed by atoms with Gasteiger partial charge in [0.2, 0.25) is 5.91 Å². The molecule has 0 radical (unpaired) electrons. The summed E-state index contributed by atoms with van der Waals surface area (Å²) in [6.45, 7) is 0.533. The highest BCUT2D eigenvalue weighted by Crippen LogP contribution is 2.38. The van der Waals surface area contributed by atoms with Crippen LogP contribution in [-0.4, -0.2) is 34.2 Å². The van der Waals surface area contributed by atoms with E-state index >= 15 is 0 Å². The molecule has 28 heavy (non-hydrogen) atoms. The molecule has 1 saturated carbocycles. The molecule has 1 unspecified atom stereocenters. The number of allylic oxidation sites excluding steroid dienone is 2. The van der Waals surface area contributed by atoms with Crippen molar-refractivity contribution in [2.45, 2.75) is 51.0 Å². The fourth-order valence-electron chi connectivity index (χ4n) is 4.58. The minimum Gasteiger partial charge on any atom is -0.364 e. The maximum atomic E-state index is 13.2. The number of carbonyl (C=O) groups excluding carboxylic acids is 2. The lowest BCUT2D eigenvalue weighted by Gasteiger charge is -2.32. The van der Waals surface area contributed by atoms with Gasteiger partial charge in [-0.15, -0.1) is 0 Å². The smallest absolute Gasteiger partial charge is 0.248 e. The van der Waals surface area contributed by atoms with Crippen LogP contribution >= 0.6 is 11.6 Å². The van der Waals surface area contributed by atoms with Gasteiger partial charge in [-0.05, 0) is 30.0 Å². The lowest BCUT2D eigenvalue weighted by Crippen LogP contribution is -2.43. The van der Waals surface area contributed by atoms with Gasteiger partial charge in [0.05, 0.1) is 5.92 Å². The Labute approximate surface area is 170 Å². The van der Waals surface area contributed by atoms with E-state index in [-0.39, 0.29) is 23.7 Å². The summed E-state index contributed by atoms with van der Waals surface area (Å²) in [6.07, 6.45) is 12.6. The molecule has 2 heterocycles. The fraction of sp³-hybridized carbons (Fsp3) is 0.500. The topological polar surface area (TPSA) is 62.3 Å². The molecule has 3 aliphatic rings.